The molecular formula is C19H19N3O2. The highest BCUT2D eigenvalue weighted by Gasteiger charge is 2.10. The van der Waals surface area contributed by atoms with Crippen LogP contribution in [0.25, 0.3) is 11.1 Å². The highest BCUT2D eigenvalue weighted by Crippen LogP contribution is 2.21. The molecule has 0 spiro atoms. The van der Waals surface area contributed by atoms with Gasteiger partial charge in [0, 0.05) is 26.0 Å². The van der Waals surface area contributed by atoms with Gasteiger partial charge in [-0.05, 0) is 16.7 Å². The van der Waals surface area contributed by atoms with Gasteiger partial charge in [0.1, 0.15) is 0 Å². The molecule has 0 saturated heterocycles. The molecular weight excluding hydrogens is 302 g/mol. The molecule has 0 aliphatic heterocycles. The van der Waals surface area contributed by atoms with Crippen molar-refractivity contribution in [2.24, 2.45) is 7.05 Å². The van der Waals surface area contributed by atoms with Crippen molar-refractivity contribution in [3.63, 3.8) is 0 Å². The molecule has 2 aromatic carbocycles. The van der Waals surface area contributed by atoms with Crippen LogP contribution in [0.4, 0.5) is 5.82 Å². The summed E-state index contributed by atoms with van der Waals surface area (Å²) in [6, 6.07) is 17.8. The van der Waals surface area contributed by atoms with Gasteiger partial charge in [-0.25, -0.2) is 4.98 Å². The van der Waals surface area contributed by atoms with E-state index in [2.05, 4.69) is 10.3 Å². The Morgan fingerprint density at radius 2 is 1.75 bits per heavy atom. The summed E-state index contributed by atoms with van der Waals surface area (Å²) in [5.41, 5.74) is 2.80. The van der Waals surface area contributed by atoms with E-state index in [-0.39, 0.29) is 17.9 Å². The molecule has 122 valence electrons. The van der Waals surface area contributed by atoms with E-state index in [0.717, 1.165) is 16.7 Å². The first-order chi connectivity index (χ1) is 11.6. The molecule has 0 fully saturated rings. The van der Waals surface area contributed by atoms with Crippen LogP contribution in [-0.2, 0) is 7.05 Å². The molecule has 2 N–H and O–H groups in total. The Morgan fingerprint density at radius 3 is 2.46 bits per heavy atom. The summed E-state index contributed by atoms with van der Waals surface area (Å²) in [6.07, 6.45) is 2.42. The SMILES string of the molecule is Cn1ccnc(NC[C@@H](O)c2ccc(-c3ccccc3)cc2)c1=O. The number of benzene rings is 2. The van der Waals surface area contributed by atoms with Gasteiger partial charge in [0.2, 0.25) is 0 Å². The number of aromatic nitrogens is 2. The molecule has 5 nitrogen and oxygen atoms in total. The molecule has 1 aromatic heterocycles. The summed E-state index contributed by atoms with van der Waals surface area (Å²) in [4.78, 5) is 15.9. The topological polar surface area (TPSA) is 67.2 Å². The standard InChI is InChI=1S/C19H19N3O2/c1-22-12-11-20-18(19(22)24)21-13-17(23)16-9-7-15(8-10-16)14-5-3-2-4-6-14/h2-12,17,23H,13H2,1H3,(H,20,21)/t17-/m1/s1. The fourth-order valence-electron chi connectivity index (χ4n) is 2.46. The molecule has 0 aliphatic carbocycles. The van der Waals surface area contributed by atoms with Crippen molar-refractivity contribution in [2.45, 2.75) is 6.10 Å². The zero-order valence-electron chi connectivity index (χ0n) is 13.4. The summed E-state index contributed by atoms with van der Waals surface area (Å²) in [5.74, 6) is 0.236. The highest BCUT2D eigenvalue weighted by atomic mass is 16.3. The first-order valence-corrected chi connectivity index (χ1v) is 7.74. The van der Waals surface area contributed by atoms with Gasteiger partial charge in [0.15, 0.2) is 5.82 Å². The predicted molar refractivity (Wildman–Crippen MR) is 94.8 cm³/mol. The monoisotopic (exact) mass is 321 g/mol. The first kappa shape index (κ1) is 16.0. The van der Waals surface area contributed by atoms with E-state index >= 15 is 0 Å². The van der Waals surface area contributed by atoms with Crippen LogP contribution in [0, 0.1) is 0 Å². The van der Waals surface area contributed by atoms with E-state index in [0.29, 0.717) is 0 Å². The number of aliphatic hydroxyl groups is 1. The Hall–Kier alpha value is -2.92. The van der Waals surface area contributed by atoms with Gasteiger partial charge in [-0.1, -0.05) is 54.6 Å². The molecule has 0 saturated carbocycles. The minimum absolute atomic E-state index is 0.218. The molecule has 5 heteroatoms. The zero-order chi connectivity index (χ0) is 16.9. The Morgan fingerprint density at radius 1 is 1.08 bits per heavy atom. The van der Waals surface area contributed by atoms with Crippen molar-refractivity contribution in [3.8, 4) is 11.1 Å². The molecule has 3 rings (SSSR count). The lowest BCUT2D eigenvalue weighted by Crippen LogP contribution is -2.24. The fraction of sp³-hybridized carbons (Fsp3) is 0.158. The minimum Gasteiger partial charge on any atom is -0.387 e. The highest BCUT2D eigenvalue weighted by molar-refractivity contribution is 5.63. The number of nitrogens with one attached hydrogen (secondary N) is 1. The Balaban J connectivity index is 1.68. The van der Waals surface area contributed by atoms with E-state index in [9.17, 15) is 9.90 Å². The molecule has 3 aromatic rings. The van der Waals surface area contributed by atoms with Gasteiger partial charge in [-0.15, -0.1) is 0 Å². The van der Waals surface area contributed by atoms with Gasteiger partial charge >= 0.3 is 0 Å². The molecule has 0 radical (unpaired) electrons. The van der Waals surface area contributed by atoms with Crippen LogP contribution in [0.15, 0.2) is 71.8 Å². The minimum atomic E-state index is -0.721. The normalized spacial score (nSPS) is 11.9. The van der Waals surface area contributed by atoms with E-state index < -0.39 is 6.10 Å². The van der Waals surface area contributed by atoms with Gasteiger partial charge in [-0.2, -0.15) is 0 Å². The van der Waals surface area contributed by atoms with Crippen molar-refractivity contribution in [3.05, 3.63) is 82.9 Å². The second-order valence-corrected chi connectivity index (χ2v) is 5.58. The molecule has 24 heavy (non-hydrogen) atoms. The number of hydrogen-bond acceptors (Lipinski definition) is 4. The predicted octanol–water partition coefficient (Wildman–Crippen LogP) is 2.59. The Labute approximate surface area is 140 Å². The molecule has 0 unspecified atom stereocenters. The lowest BCUT2D eigenvalue weighted by atomic mass is 10.0. The van der Waals surface area contributed by atoms with Crippen molar-refractivity contribution in [2.75, 3.05) is 11.9 Å². The third-order valence-electron chi connectivity index (χ3n) is 3.88. The largest absolute Gasteiger partial charge is 0.387 e. The van der Waals surface area contributed by atoms with Crippen LogP contribution >= 0.6 is 0 Å². The van der Waals surface area contributed by atoms with Crippen molar-refractivity contribution in [1.29, 1.82) is 0 Å². The Bertz CT molecular complexity index is 858. The summed E-state index contributed by atoms with van der Waals surface area (Å²) >= 11 is 0. The van der Waals surface area contributed by atoms with Crippen LogP contribution in [0.3, 0.4) is 0 Å². The van der Waals surface area contributed by atoms with Crippen LogP contribution in [-0.4, -0.2) is 21.2 Å². The van der Waals surface area contributed by atoms with Crippen LogP contribution in [0.1, 0.15) is 11.7 Å². The molecule has 0 bridgehead atoms. The van der Waals surface area contributed by atoms with Gasteiger partial charge in [0.05, 0.1) is 6.10 Å². The molecule has 0 aliphatic rings. The first-order valence-electron chi connectivity index (χ1n) is 7.74. The second kappa shape index (κ2) is 7.10. The van der Waals surface area contributed by atoms with Gasteiger partial charge in [0.25, 0.3) is 5.56 Å². The number of nitrogens with zero attached hydrogens (tertiary/aromatic N) is 2. The average Bonchev–Trinajstić information content (AvgIpc) is 2.63. The number of hydrogen-bond donors (Lipinski definition) is 2. The number of anilines is 1. The molecule has 1 heterocycles. The summed E-state index contributed by atoms with van der Waals surface area (Å²) in [6.45, 7) is 0.219. The summed E-state index contributed by atoms with van der Waals surface area (Å²) in [7, 11) is 1.66. The second-order valence-electron chi connectivity index (χ2n) is 5.58. The Kier molecular flexibility index (Phi) is 4.72. The summed E-state index contributed by atoms with van der Waals surface area (Å²) in [5, 5.41) is 13.2. The lowest BCUT2D eigenvalue weighted by molar-refractivity contribution is 0.191. The van der Waals surface area contributed by atoms with Crippen molar-refractivity contribution in [1.82, 2.24) is 9.55 Å². The van der Waals surface area contributed by atoms with E-state index in [1.165, 1.54) is 4.57 Å². The average molecular weight is 321 g/mol. The maximum atomic E-state index is 11.9. The fourth-order valence-corrected chi connectivity index (χ4v) is 2.46. The van der Waals surface area contributed by atoms with Crippen LogP contribution < -0.4 is 10.9 Å². The maximum Gasteiger partial charge on any atom is 0.293 e. The third-order valence-corrected chi connectivity index (χ3v) is 3.88. The van der Waals surface area contributed by atoms with Crippen molar-refractivity contribution >= 4 is 5.82 Å². The van der Waals surface area contributed by atoms with Gasteiger partial charge in [-0.3, -0.25) is 4.79 Å². The lowest BCUT2D eigenvalue weighted by Gasteiger charge is -2.13. The van der Waals surface area contributed by atoms with E-state index in [4.69, 9.17) is 0 Å². The number of aliphatic hydroxyl groups excluding tert-OH is 1. The smallest absolute Gasteiger partial charge is 0.293 e. The van der Waals surface area contributed by atoms with Crippen LogP contribution in [0.2, 0.25) is 0 Å². The van der Waals surface area contributed by atoms with E-state index in [1.54, 1.807) is 19.4 Å². The zero-order valence-corrected chi connectivity index (χ0v) is 13.4. The number of rotatable bonds is 5. The van der Waals surface area contributed by atoms with Crippen molar-refractivity contribution < 1.29 is 5.11 Å². The van der Waals surface area contributed by atoms with E-state index in [1.807, 2.05) is 54.6 Å². The number of aryl methyl sites for hydroxylation is 1. The maximum absolute atomic E-state index is 11.9. The molecule has 1 atom stereocenters. The van der Waals surface area contributed by atoms with Gasteiger partial charge < -0.3 is 15.0 Å². The summed E-state index contributed by atoms with van der Waals surface area (Å²) < 4.78 is 1.44. The molecule has 0 amide bonds. The quantitative estimate of drug-likeness (QED) is 0.758. The van der Waals surface area contributed by atoms with Crippen LogP contribution in [0.5, 0.6) is 0 Å². The third kappa shape index (κ3) is 3.52.